The second-order valence-electron chi connectivity index (χ2n) is 9.98. The Labute approximate surface area is 346 Å². The predicted octanol–water partition coefficient (Wildman–Crippen LogP) is 9.63. The molecule has 0 N–H and O–H groups in total. The van der Waals surface area contributed by atoms with E-state index in [4.69, 9.17) is 37.9 Å². The molecule has 6 aliphatic rings. The second kappa shape index (κ2) is 25.0. The van der Waals surface area contributed by atoms with Crippen molar-refractivity contribution < 1.29 is 37.9 Å². The van der Waals surface area contributed by atoms with Crippen molar-refractivity contribution in [3.05, 3.63) is 42.4 Å². The summed E-state index contributed by atoms with van der Waals surface area (Å²) in [6, 6.07) is 0. The van der Waals surface area contributed by atoms with E-state index in [2.05, 4.69) is 0 Å². The third-order valence-corrected chi connectivity index (χ3v) is 24.0. The van der Waals surface area contributed by atoms with Crippen LogP contribution in [0.15, 0.2) is 42.4 Å². The molecular formula is C30H40O8S12. The summed E-state index contributed by atoms with van der Waals surface area (Å²) in [5, 5.41) is 0. The fourth-order valence-corrected chi connectivity index (χ4v) is 22.4. The van der Waals surface area contributed by atoms with Crippen molar-refractivity contribution in [2.24, 2.45) is 0 Å². The molecule has 6 aliphatic heterocycles. The van der Waals surface area contributed by atoms with Gasteiger partial charge in [-0.1, -0.05) is 94.1 Å². The Hall–Kier alpha value is 2.58. The van der Waals surface area contributed by atoms with Gasteiger partial charge in [0.25, 0.3) is 0 Å². The Morgan fingerprint density at radius 1 is 0.200 bits per heavy atom. The first-order valence-corrected chi connectivity index (χ1v) is 26.6. The molecule has 0 unspecified atom stereocenters. The highest BCUT2D eigenvalue weighted by Gasteiger charge is 2.37. The minimum absolute atomic E-state index is 0.593. The predicted molar refractivity (Wildman–Crippen MR) is 232 cm³/mol. The number of thioether (sulfide) groups is 12. The van der Waals surface area contributed by atoms with E-state index in [0.29, 0.717) is 106 Å². The van der Waals surface area contributed by atoms with Crippen molar-refractivity contribution in [1.29, 1.82) is 0 Å². The summed E-state index contributed by atoms with van der Waals surface area (Å²) in [6.45, 7) is 10.1. The van der Waals surface area contributed by atoms with Crippen molar-refractivity contribution in [2.45, 2.75) is 0 Å². The van der Waals surface area contributed by atoms with Gasteiger partial charge in [-0.05, 0) is 0 Å². The molecular weight excluding hydrogens is 873 g/mol. The Balaban J connectivity index is 1.01. The van der Waals surface area contributed by atoms with Crippen LogP contribution in [0.1, 0.15) is 0 Å². The van der Waals surface area contributed by atoms with Gasteiger partial charge in [-0.3, -0.25) is 0 Å². The summed E-state index contributed by atoms with van der Waals surface area (Å²) < 4.78 is 59.7. The molecule has 0 amide bonds. The first-order chi connectivity index (χ1) is 24.8. The van der Waals surface area contributed by atoms with Gasteiger partial charge in [-0.25, -0.2) is 0 Å². The lowest BCUT2D eigenvalue weighted by Crippen LogP contribution is -2.13. The average molecular weight is 913 g/mol. The van der Waals surface area contributed by atoms with Gasteiger partial charge in [-0.2, -0.15) is 0 Å². The topological polar surface area (TPSA) is 73.8 Å². The lowest BCUT2D eigenvalue weighted by Gasteiger charge is -2.09. The van der Waals surface area contributed by atoms with Gasteiger partial charge in [-0.15, -0.1) is 47.0 Å². The molecule has 6 heterocycles. The summed E-state index contributed by atoms with van der Waals surface area (Å²) in [5.74, 6) is 3.73. The van der Waals surface area contributed by atoms with E-state index in [-0.39, 0.29) is 0 Å². The van der Waals surface area contributed by atoms with Crippen LogP contribution >= 0.6 is 141 Å². The fraction of sp³-hybridized carbons (Fsp3) is 0.667. The van der Waals surface area contributed by atoms with Crippen molar-refractivity contribution in [3.8, 4) is 0 Å². The Kier molecular flexibility index (Phi) is 21.1. The zero-order valence-corrected chi connectivity index (χ0v) is 37.1. The van der Waals surface area contributed by atoms with Crippen LogP contribution in [0.2, 0.25) is 0 Å². The highest BCUT2D eigenvalue weighted by Crippen LogP contribution is 2.73. The molecule has 20 heteroatoms. The number of hydrogen-bond acceptors (Lipinski definition) is 20. The number of ether oxygens (including phenoxy) is 8. The molecule has 0 saturated carbocycles. The Morgan fingerprint density at radius 2 is 0.360 bits per heavy atom. The van der Waals surface area contributed by atoms with E-state index in [9.17, 15) is 0 Å². The Bertz CT molecular complexity index is 1100. The molecule has 50 heavy (non-hydrogen) atoms. The highest BCUT2D eigenvalue weighted by atomic mass is 32.3. The maximum Gasteiger partial charge on any atom is 0.0718 e. The number of rotatable bonds is 0. The van der Waals surface area contributed by atoms with Crippen molar-refractivity contribution in [1.82, 2.24) is 0 Å². The quantitative estimate of drug-likeness (QED) is 0.231. The molecule has 0 saturated heterocycles. The summed E-state index contributed by atoms with van der Waals surface area (Å²) in [5.41, 5.74) is 0. The lowest BCUT2D eigenvalue weighted by atomic mass is 10.7. The zero-order valence-electron chi connectivity index (χ0n) is 27.3. The van der Waals surface area contributed by atoms with Gasteiger partial charge in [0.1, 0.15) is 0 Å². The maximum absolute atomic E-state index is 5.83. The summed E-state index contributed by atoms with van der Waals surface area (Å²) in [4.78, 5) is 0. The van der Waals surface area contributed by atoms with Crippen LogP contribution in [0, 0.1) is 0 Å². The molecule has 0 aromatic heterocycles. The van der Waals surface area contributed by atoms with Crippen LogP contribution in [0.3, 0.4) is 0 Å². The van der Waals surface area contributed by atoms with Gasteiger partial charge in [0, 0.05) is 23.0 Å². The van der Waals surface area contributed by atoms with Gasteiger partial charge >= 0.3 is 0 Å². The molecule has 0 fully saturated rings. The summed E-state index contributed by atoms with van der Waals surface area (Å²) in [6.07, 6.45) is 0. The molecule has 0 aromatic carbocycles. The fourth-order valence-electron chi connectivity index (χ4n) is 4.12. The smallest absolute Gasteiger partial charge is 0.0718 e. The van der Waals surface area contributed by atoms with Gasteiger partial charge in [0.2, 0.25) is 0 Å². The molecule has 8 nitrogen and oxygen atoms in total. The third kappa shape index (κ3) is 14.5. The molecule has 0 bridgehead atoms. The van der Waals surface area contributed by atoms with Gasteiger partial charge in [0.05, 0.1) is 148 Å². The first-order valence-electron chi connectivity index (χ1n) is 16.1. The van der Waals surface area contributed by atoms with Gasteiger partial charge < -0.3 is 37.9 Å². The van der Waals surface area contributed by atoms with E-state index in [1.54, 1.807) is 0 Å². The van der Waals surface area contributed by atoms with Crippen molar-refractivity contribution >= 4 is 141 Å². The lowest BCUT2D eigenvalue weighted by molar-refractivity contribution is 0.00147. The molecule has 0 radical (unpaired) electrons. The second-order valence-corrected chi connectivity index (χ2v) is 25.2. The van der Waals surface area contributed by atoms with Crippen molar-refractivity contribution in [2.75, 3.05) is 129 Å². The van der Waals surface area contributed by atoms with E-state index in [1.807, 2.05) is 141 Å². The Morgan fingerprint density at radius 3 is 0.560 bits per heavy atom. The van der Waals surface area contributed by atoms with Crippen LogP contribution in [0.25, 0.3) is 0 Å². The molecule has 0 aliphatic carbocycles. The van der Waals surface area contributed by atoms with E-state index >= 15 is 0 Å². The molecule has 6 rings (SSSR count). The van der Waals surface area contributed by atoms with E-state index < -0.39 is 0 Å². The van der Waals surface area contributed by atoms with Crippen molar-refractivity contribution in [3.63, 3.8) is 0 Å². The molecule has 280 valence electrons. The standard InChI is InChI=1S/C30H40O8S12/c1-2-32-6-10-36-14-18-40-22-21(39-17-13-35-9-5-31-1)43-25(44-22)27-47-29-30(48-27)50-28(49-29)26-45-23-24(46-26)42-20-16-38-12-8-34-4-3-33-7-11-37-15-19-41-23/h1-20H2. The van der Waals surface area contributed by atoms with E-state index in [1.165, 1.54) is 42.4 Å². The van der Waals surface area contributed by atoms with E-state index in [0.717, 1.165) is 23.0 Å². The third-order valence-electron chi connectivity index (χ3n) is 6.39. The number of hydrogen-bond donors (Lipinski definition) is 0. The monoisotopic (exact) mass is 912 g/mol. The van der Waals surface area contributed by atoms with Crippen LogP contribution in [-0.2, 0) is 37.9 Å². The molecule has 0 spiro atoms. The summed E-state index contributed by atoms with van der Waals surface area (Å²) >= 11 is 23.2. The SMILES string of the molecule is C1COCCOCCSC2=C(SCCOCCO1)SC(=C1SC3=C(S1)SC(=C1SC4=C(SCCOCCOCCOCCOCCS4)S1)S3)S2. The normalized spacial score (nSPS) is 26.4. The summed E-state index contributed by atoms with van der Waals surface area (Å²) in [7, 11) is 0. The minimum atomic E-state index is 0.593. The largest absolute Gasteiger partial charge is 0.378 e. The van der Waals surface area contributed by atoms with Crippen LogP contribution in [-0.4, -0.2) is 129 Å². The first kappa shape index (κ1) is 42.2. The maximum atomic E-state index is 5.83. The zero-order chi connectivity index (χ0) is 34.1. The van der Waals surface area contributed by atoms with Crippen LogP contribution in [0.5, 0.6) is 0 Å². The molecule has 0 aromatic rings. The van der Waals surface area contributed by atoms with Crippen LogP contribution in [0.4, 0.5) is 0 Å². The minimum Gasteiger partial charge on any atom is -0.378 e. The highest BCUT2D eigenvalue weighted by molar-refractivity contribution is 8.51. The molecule has 0 atom stereocenters. The average Bonchev–Trinajstić information content (AvgIpc) is 3.90. The van der Waals surface area contributed by atoms with Crippen LogP contribution < -0.4 is 0 Å². The van der Waals surface area contributed by atoms with Gasteiger partial charge in [0.15, 0.2) is 0 Å².